The average molecular weight is 414 g/mol. The van der Waals surface area contributed by atoms with Crippen molar-refractivity contribution < 1.29 is 24.5 Å². The summed E-state index contributed by atoms with van der Waals surface area (Å²) in [5.41, 5.74) is 0.839. The number of esters is 1. The Bertz CT molecular complexity index is 812. The molecule has 3 N–H and O–H groups in total. The van der Waals surface area contributed by atoms with Crippen LogP contribution in [-0.4, -0.2) is 34.3 Å². The Labute approximate surface area is 178 Å². The van der Waals surface area contributed by atoms with Gasteiger partial charge < -0.3 is 20.3 Å². The first-order valence-electron chi connectivity index (χ1n) is 10.4. The third-order valence-electron chi connectivity index (χ3n) is 5.03. The topological polar surface area (TPSA) is 95.9 Å². The van der Waals surface area contributed by atoms with Crippen LogP contribution < -0.4 is 5.32 Å². The zero-order valence-corrected chi connectivity index (χ0v) is 17.6. The molecular formula is C24H31NO5. The van der Waals surface area contributed by atoms with Crippen LogP contribution in [0.4, 0.5) is 0 Å². The number of amides is 1. The second-order valence-electron chi connectivity index (χ2n) is 7.49. The van der Waals surface area contributed by atoms with Gasteiger partial charge in [-0.3, -0.25) is 4.79 Å². The van der Waals surface area contributed by atoms with Crippen molar-refractivity contribution in [3.05, 3.63) is 65.9 Å². The van der Waals surface area contributed by atoms with E-state index >= 15 is 0 Å². The van der Waals surface area contributed by atoms with Crippen LogP contribution in [0.2, 0.25) is 0 Å². The Hall–Kier alpha value is -2.86. The Morgan fingerprint density at radius 1 is 1.30 bits per heavy atom. The predicted octanol–water partition coefficient (Wildman–Crippen LogP) is 3.79. The molecule has 0 spiro atoms. The fourth-order valence-corrected chi connectivity index (χ4v) is 3.21. The molecule has 1 heterocycles. The molecule has 1 amide bonds. The monoisotopic (exact) mass is 413 g/mol. The van der Waals surface area contributed by atoms with Crippen molar-refractivity contribution in [1.82, 2.24) is 5.32 Å². The van der Waals surface area contributed by atoms with Gasteiger partial charge in [0.05, 0.1) is 6.10 Å². The summed E-state index contributed by atoms with van der Waals surface area (Å²) in [6, 6.07) is 4.95. The van der Waals surface area contributed by atoms with Gasteiger partial charge in [-0.2, -0.15) is 0 Å². The number of benzene rings is 1. The molecule has 0 radical (unpaired) electrons. The van der Waals surface area contributed by atoms with Gasteiger partial charge >= 0.3 is 5.97 Å². The number of cyclic esters (lactones) is 1. The second-order valence-corrected chi connectivity index (χ2v) is 7.49. The van der Waals surface area contributed by atoms with Crippen LogP contribution in [0.1, 0.15) is 55.5 Å². The first kappa shape index (κ1) is 23.4. The summed E-state index contributed by atoms with van der Waals surface area (Å²) < 4.78 is 5.66. The number of phenols is 1. The number of ether oxygens (including phenoxy) is 1. The van der Waals surface area contributed by atoms with Crippen LogP contribution >= 0.6 is 0 Å². The molecule has 0 fully saturated rings. The molecule has 1 aliphatic heterocycles. The highest BCUT2D eigenvalue weighted by Gasteiger charge is 2.25. The van der Waals surface area contributed by atoms with E-state index in [4.69, 9.17) is 4.74 Å². The minimum atomic E-state index is -0.647. The lowest BCUT2D eigenvalue weighted by Gasteiger charge is -2.24. The Morgan fingerprint density at radius 3 is 2.87 bits per heavy atom. The average Bonchev–Trinajstić information content (AvgIpc) is 2.71. The summed E-state index contributed by atoms with van der Waals surface area (Å²) in [5.74, 6) is -0.970. The second kappa shape index (κ2) is 12.0. The Morgan fingerprint density at radius 2 is 2.10 bits per heavy atom. The van der Waals surface area contributed by atoms with Gasteiger partial charge in [0, 0.05) is 19.0 Å². The van der Waals surface area contributed by atoms with Crippen molar-refractivity contribution >= 4 is 11.9 Å². The largest absolute Gasteiger partial charge is 0.507 e. The van der Waals surface area contributed by atoms with Gasteiger partial charge in [0.1, 0.15) is 17.4 Å². The summed E-state index contributed by atoms with van der Waals surface area (Å²) in [5, 5.41) is 23.4. The van der Waals surface area contributed by atoms with Gasteiger partial charge in [-0.05, 0) is 42.9 Å². The number of nitrogens with one attached hydrogen (secondary N) is 1. The normalized spacial score (nSPS) is 24.0. The van der Waals surface area contributed by atoms with Crippen LogP contribution in [0.3, 0.4) is 0 Å². The third-order valence-corrected chi connectivity index (χ3v) is 5.03. The maximum absolute atomic E-state index is 12.8. The smallest absolute Gasteiger partial charge is 0.342 e. The predicted molar refractivity (Wildman–Crippen MR) is 116 cm³/mol. The van der Waals surface area contributed by atoms with Gasteiger partial charge in [0.25, 0.3) is 0 Å². The highest BCUT2D eigenvalue weighted by atomic mass is 16.5. The molecule has 162 valence electrons. The molecule has 0 saturated heterocycles. The van der Waals surface area contributed by atoms with Crippen LogP contribution in [0, 0.1) is 5.92 Å². The first-order chi connectivity index (χ1) is 14.4. The summed E-state index contributed by atoms with van der Waals surface area (Å²) in [6.07, 6.45) is 11.7. The lowest BCUT2D eigenvalue weighted by Crippen LogP contribution is -2.28. The van der Waals surface area contributed by atoms with E-state index in [-0.39, 0.29) is 29.6 Å². The number of hydrogen-bond acceptors (Lipinski definition) is 5. The lowest BCUT2D eigenvalue weighted by molar-refractivity contribution is -0.115. The standard InChI is InChI=1S/C24H31NO5/c1-3-4-14-22(28)25-15-8-12-19-16-21(27)17(2)9-5-6-10-18-11-7-13-20(26)23(18)24(29)30-19/h4-8,11,13-15,17,19,21,26-27H,3,9-10,12,16H2,1-2H3,(H,25,28)/b6-5+,14-4-,15-8+/t17-,19-,21+/m0/s1. The van der Waals surface area contributed by atoms with Crippen molar-refractivity contribution in [3.8, 4) is 5.75 Å². The molecule has 0 bridgehead atoms. The fourth-order valence-electron chi connectivity index (χ4n) is 3.21. The van der Waals surface area contributed by atoms with Gasteiger partial charge in [-0.1, -0.05) is 50.3 Å². The fraction of sp³-hybridized carbons (Fsp3) is 0.417. The summed E-state index contributed by atoms with van der Waals surface area (Å²) in [6.45, 7) is 3.89. The molecule has 6 heteroatoms. The number of fused-ring (bicyclic) bond motifs is 1. The van der Waals surface area contributed by atoms with Crippen LogP contribution in [-0.2, 0) is 16.0 Å². The molecule has 0 aliphatic carbocycles. The summed E-state index contributed by atoms with van der Waals surface area (Å²) in [7, 11) is 0. The summed E-state index contributed by atoms with van der Waals surface area (Å²) in [4.78, 5) is 24.4. The zero-order chi connectivity index (χ0) is 21.9. The minimum Gasteiger partial charge on any atom is -0.507 e. The molecule has 3 atom stereocenters. The number of carbonyl (C=O) groups excluding carboxylic acids is 2. The van der Waals surface area contributed by atoms with E-state index in [9.17, 15) is 19.8 Å². The van der Waals surface area contributed by atoms with E-state index in [1.807, 2.05) is 26.0 Å². The minimum absolute atomic E-state index is 0.00777. The molecule has 1 aliphatic rings. The van der Waals surface area contributed by atoms with Crippen molar-refractivity contribution in [2.75, 3.05) is 0 Å². The van der Waals surface area contributed by atoms with Crippen molar-refractivity contribution in [2.24, 2.45) is 5.92 Å². The van der Waals surface area contributed by atoms with Crippen molar-refractivity contribution in [1.29, 1.82) is 0 Å². The molecule has 1 aromatic rings. The lowest BCUT2D eigenvalue weighted by atomic mass is 9.93. The van der Waals surface area contributed by atoms with Crippen LogP contribution in [0.5, 0.6) is 5.75 Å². The van der Waals surface area contributed by atoms with E-state index in [1.165, 1.54) is 18.3 Å². The van der Waals surface area contributed by atoms with E-state index in [2.05, 4.69) is 5.32 Å². The van der Waals surface area contributed by atoms with E-state index < -0.39 is 18.2 Å². The van der Waals surface area contributed by atoms with Gasteiger partial charge in [-0.15, -0.1) is 0 Å². The molecule has 0 aromatic heterocycles. The molecule has 2 rings (SSSR count). The molecule has 30 heavy (non-hydrogen) atoms. The molecule has 6 nitrogen and oxygen atoms in total. The van der Waals surface area contributed by atoms with Crippen molar-refractivity contribution in [3.63, 3.8) is 0 Å². The van der Waals surface area contributed by atoms with Gasteiger partial charge in [-0.25, -0.2) is 4.79 Å². The number of aliphatic hydroxyl groups is 1. The Balaban J connectivity index is 2.17. The molecule has 0 saturated carbocycles. The van der Waals surface area contributed by atoms with Crippen LogP contribution in [0.25, 0.3) is 0 Å². The number of phenolic OH excluding ortho intramolecular Hbond substituents is 1. The molecule has 1 aromatic carbocycles. The maximum atomic E-state index is 12.8. The van der Waals surface area contributed by atoms with E-state index in [0.717, 1.165) is 6.42 Å². The van der Waals surface area contributed by atoms with Crippen LogP contribution in [0.15, 0.2) is 54.8 Å². The van der Waals surface area contributed by atoms with E-state index in [1.54, 1.807) is 24.3 Å². The maximum Gasteiger partial charge on any atom is 0.342 e. The third kappa shape index (κ3) is 7.19. The highest BCUT2D eigenvalue weighted by molar-refractivity contribution is 5.94. The number of aliphatic hydroxyl groups excluding tert-OH is 1. The zero-order valence-electron chi connectivity index (χ0n) is 17.6. The molecular weight excluding hydrogens is 382 g/mol. The quantitative estimate of drug-likeness (QED) is 0.388. The first-order valence-corrected chi connectivity index (χ1v) is 10.4. The number of rotatable bonds is 5. The summed E-state index contributed by atoms with van der Waals surface area (Å²) >= 11 is 0. The van der Waals surface area contributed by atoms with E-state index in [0.29, 0.717) is 24.8 Å². The van der Waals surface area contributed by atoms with Gasteiger partial charge in [0.2, 0.25) is 5.91 Å². The Kier molecular flexibility index (Phi) is 9.35. The number of hydrogen-bond donors (Lipinski definition) is 3. The number of aromatic hydroxyl groups is 1. The highest BCUT2D eigenvalue weighted by Crippen LogP contribution is 2.26. The van der Waals surface area contributed by atoms with Crippen molar-refractivity contribution in [2.45, 2.75) is 58.2 Å². The van der Waals surface area contributed by atoms with Gasteiger partial charge in [0.15, 0.2) is 0 Å². The number of allylic oxidation sites excluding steroid dienone is 3. The SMILES string of the molecule is CC/C=C\C(=O)N/C=C/C[C@H]1C[C@@H](O)[C@@H](C)C/C=C/Cc2cccc(O)c2C(=O)O1. The molecule has 0 unspecified atom stereocenters. The number of carbonyl (C=O) groups is 2.